The SMILES string of the molecule is C.C.NCCOC1CN1. The third-order valence-electron chi connectivity index (χ3n) is 0.808. The first kappa shape index (κ1) is 11.6. The van der Waals surface area contributed by atoms with E-state index in [0.29, 0.717) is 19.4 Å². The summed E-state index contributed by atoms with van der Waals surface area (Å²) in [6, 6.07) is 0. The molecule has 3 N–H and O–H groups in total. The van der Waals surface area contributed by atoms with Crippen molar-refractivity contribution in [1.29, 1.82) is 0 Å². The fourth-order valence-corrected chi connectivity index (χ4v) is 0.376. The number of hydrogen-bond acceptors (Lipinski definition) is 3. The van der Waals surface area contributed by atoms with Gasteiger partial charge in [-0.25, -0.2) is 0 Å². The first-order valence-corrected chi connectivity index (χ1v) is 2.48. The minimum Gasteiger partial charge on any atom is -0.361 e. The summed E-state index contributed by atoms with van der Waals surface area (Å²) in [6.45, 7) is 2.30. The molecule has 9 heavy (non-hydrogen) atoms. The van der Waals surface area contributed by atoms with Crippen molar-refractivity contribution < 1.29 is 4.74 Å². The quantitative estimate of drug-likeness (QED) is 0.541. The van der Waals surface area contributed by atoms with E-state index in [1.807, 2.05) is 0 Å². The highest BCUT2D eigenvalue weighted by Crippen LogP contribution is 1.95. The van der Waals surface area contributed by atoms with E-state index in [9.17, 15) is 0 Å². The van der Waals surface area contributed by atoms with E-state index >= 15 is 0 Å². The van der Waals surface area contributed by atoms with Gasteiger partial charge >= 0.3 is 0 Å². The monoisotopic (exact) mass is 134 g/mol. The number of nitrogens with one attached hydrogen (secondary N) is 1. The van der Waals surface area contributed by atoms with Crippen LogP contribution < -0.4 is 11.1 Å². The Bertz CT molecular complexity index is 55.0. The molecule has 0 spiro atoms. The molecule has 1 aliphatic heterocycles. The van der Waals surface area contributed by atoms with Crippen LogP contribution in [-0.4, -0.2) is 25.9 Å². The fourth-order valence-electron chi connectivity index (χ4n) is 0.376. The molecular weight excluding hydrogens is 116 g/mol. The smallest absolute Gasteiger partial charge is 0.120 e. The predicted octanol–water partition coefficient (Wildman–Crippen LogP) is 0.163. The maximum Gasteiger partial charge on any atom is 0.120 e. The molecule has 3 nitrogen and oxygen atoms in total. The highest BCUT2D eigenvalue weighted by atomic mass is 16.5. The lowest BCUT2D eigenvalue weighted by Crippen LogP contribution is -2.10. The summed E-state index contributed by atoms with van der Waals surface area (Å²) in [5.41, 5.74) is 5.15. The second kappa shape index (κ2) is 6.01. The highest BCUT2D eigenvalue weighted by molar-refractivity contribution is 4.71. The van der Waals surface area contributed by atoms with Crippen LogP contribution in [-0.2, 0) is 4.74 Å². The zero-order valence-corrected chi connectivity index (χ0v) is 4.18. The molecular formula is C6H18N2O. The zero-order chi connectivity index (χ0) is 5.11. The second-order valence-corrected chi connectivity index (χ2v) is 1.56. The van der Waals surface area contributed by atoms with E-state index in [0.717, 1.165) is 6.54 Å². The highest BCUT2D eigenvalue weighted by Gasteiger charge is 2.19. The van der Waals surface area contributed by atoms with Crippen LogP contribution >= 0.6 is 0 Å². The Labute approximate surface area is 57.6 Å². The molecule has 58 valence electrons. The van der Waals surface area contributed by atoms with Crippen LogP contribution in [0.5, 0.6) is 0 Å². The Morgan fingerprint density at radius 3 is 2.44 bits per heavy atom. The van der Waals surface area contributed by atoms with E-state index in [4.69, 9.17) is 10.5 Å². The van der Waals surface area contributed by atoms with Crippen molar-refractivity contribution in [2.24, 2.45) is 5.73 Å². The molecule has 3 heteroatoms. The maximum atomic E-state index is 5.15. The van der Waals surface area contributed by atoms with Gasteiger partial charge in [0.25, 0.3) is 0 Å². The van der Waals surface area contributed by atoms with Crippen molar-refractivity contribution in [3.05, 3.63) is 0 Å². The Morgan fingerprint density at radius 2 is 2.11 bits per heavy atom. The first-order chi connectivity index (χ1) is 3.43. The zero-order valence-electron chi connectivity index (χ0n) is 4.18. The molecule has 1 heterocycles. The van der Waals surface area contributed by atoms with Crippen LogP contribution in [0.1, 0.15) is 14.9 Å². The molecule has 1 saturated heterocycles. The Hall–Kier alpha value is -0.120. The molecule has 0 aliphatic carbocycles. The van der Waals surface area contributed by atoms with Crippen LogP contribution in [0.3, 0.4) is 0 Å². The van der Waals surface area contributed by atoms with Crippen molar-refractivity contribution in [3.8, 4) is 0 Å². The molecule has 1 aliphatic rings. The first-order valence-electron chi connectivity index (χ1n) is 2.48. The summed E-state index contributed by atoms with van der Waals surface area (Å²) in [5.74, 6) is 0. The standard InChI is InChI=1S/C4H10N2O.2CH4/c5-1-2-7-4-3-6-4;;/h4,6H,1-3,5H2;2*1H4. The van der Waals surface area contributed by atoms with Crippen LogP contribution in [0.25, 0.3) is 0 Å². The molecule has 1 fully saturated rings. The molecule has 1 atom stereocenters. The van der Waals surface area contributed by atoms with Crippen LogP contribution in [0.2, 0.25) is 0 Å². The molecule has 1 unspecified atom stereocenters. The van der Waals surface area contributed by atoms with Crippen molar-refractivity contribution in [2.75, 3.05) is 19.7 Å². The molecule has 0 bridgehead atoms. The van der Waals surface area contributed by atoms with Gasteiger partial charge in [0.05, 0.1) is 6.61 Å². The van der Waals surface area contributed by atoms with Crippen LogP contribution in [0.4, 0.5) is 0 Å². The van der Waals surface area contributed by atoms with Crippen molar-refractivity contribution in [3.63, 3.8) is 0 Å². The molecule has 0 saturated carbocycles. The fraction of sp³-hybridized carbons (Fsp3) is 1.00. The van der Waals surface area contributed by atoms with E-state index in [2.05, 4.69) is 5.32 Å². The van der Waals surface area contributed by atoms with Crippen molar-refractivity contribution >= 4 is 0 Å². The molecule has 0 amide bonds. The Kier molecular flexibility index (Phi) is 7.77. The van der Waals surface area contributed by atoms with Gasteiger partial charge in [-0.05, 0) is 0 Å². The van der Waals surface area contributed by atoms with E-state index in [-0.39, 0.29) is 14.9 Å². The van der Waals surface area contributed by atoms with E-state index in [1.54, 1.807) is 0 Å². The topological polar surface area (TPSA) is 57.2 Å². The molecule has 0 radical (unpaired) electrons. The lowest BCUT2D eigenvalue weighted by atomic mass is 10.7. The van der Waals surface area contributed by atoms with Gasteiger partial charge in [0, 0.05) is 13.1 Å². The van der Waals surface area contributed by atoms with E-state index in [1.165, 1.54) is 0 Å². The van der Waals surface area contributed by atoms with E-state index < -0.39 is 0 Å². The van der Waals surface area contributed by atoms with Gasteiger partial charge in [-0.15, -0.1) is 0 Å². The minimum absolute atomic E-state index is 0. The van der Waals surface area contributed by atoms with Gasteiger partial charge in [-0.2, -0.15) is 0 Å². The third kappa shape index (κ3) is 5.76. The summed E-state index contributed by atoms with van der Waals surface area (Å²) in [6.07, 6.45) is 0.323. The van der Waals surface area contributed by atoms with Crippen molar-refractivity contribution in [2.45, 2.75) is 21.1 Å². The number of rotatable bonds is 3. The summed E-state index contributed by atoms with van der Waals surface area (Å²) < 4.78 is 5.07. The number of hydrogen-bond donors (Lipinski definition) is 2. The Morgan fingerprint density at radius 1 is 1.56 bits per heavy atom. The molecule has 0 aromatic rings. The summed E-state index contributed by atoms with van der Waals surface area (Å²) in [7, 11) is 0. The summed E-state index contributed by atoms with van der Waals surface area (Å²) in [4.78, 5) is 0. The number of nitrogens with two attached hydrogens (primary N) is 1. The molecule has 0 aromatic heterocycles. The van der Waals surface area contributed by atoms with Gasteiger partial charge in [0.15, 0.2) is 0 Å². The normalized spacial score (nSPS) is 21.7. The minimum atomic E-state index is 0. The average Bonchev–Trinajstić information content (AvgIpc) is 2.42. The summed E-state index contributed by atoms with van der Waals surface area (Å²) in [5, 5.41) is 2.99. The average molecular weight is 134 g/mol. The van der Waals surface area contributed by atoms with Gasteiger partial charge in [-0.3, -0.25) is 5.32 Å². The lowest BCUT2D eigenvalue weighted by Gasteiger charge is -1.93. The molecule has 0 aromatic carbocycles. The van der Waals surface area contributed by atoms with Gasteiger partial charge in [0.2, 0.25) is 0 Å². The van der Waals surface area contributed by atoms with Gasteiger partial charge in [0.1, 0.15) is 6.23 Å². The second-order valence-electron chi connectivity index (χ2n) is 1.56. The molecule has 1 rings (SSSR count). The third-order valence-corrected chi connectivity index (χ3v) is 0.808. The largest absolute Gasteiger partial charge is 0.361 e. The number of ether oxygens (including phenoxy) is 1. The van der Waals surface area contributed by atoms with Gasteiger partial charge in [-0.1, -0.05) is 14.9 Å². The van der Waals surface area contributed by atoms with Crippen LogP contribution in [0.15, 0.2) is 0 Å². The summed E-state index contributed by atoms with van der Waals surface area (Å²) >= 11 is 0. The predicted molar refractivity (Wildman–Crippen MR) is 40.3 cm³/mol. The van der Waals surface area contributed by atoms with Crippen LogP contribution in [0, 0.1) is 0 Å². The van der Waals surface area contributed by atoms with Crippen molar-refractivity contribution in [1.82, 2.24) is 5.32 Å². The van der Waals surface area contributed by atoms with Gasteiger partial charge < -0.3 is 10.5 Å². The maximum absolute atomic E-state index is 5.15. The Balaban J connectivity index is 0. The lowest BCUT2D eigenvalue weighted by molar-refractivity contribution is 0.124.